The van der Waals surface area contributed by atoms with E-state index in [0.29, 0.717) is 23.5 Å². The Morgan fingerprint density at radius 1 is 1.13 bits per heavy atom. The summed E-state index contributed by atoms with van der Waals surface area (Å²) >= 11 is 0.871. The number of carbonyl (C=O) groups is 1. The fourth-order valence-corrected chi connectivity index (χ4v) is 6.02. The lowest BCUT2D eigenvalue weighted by Gasteiger charge is -2.15. The molecule has 158 valence electrons. The topological polar surface area (TPSA) is 119 Å². The van der Waals surface area contributed by atoms with Crippen LogP contribution in [0.4, 0.5) is 0 Å². The second kappa shape index (κ2) is 7.49. The number of sulfonamides is 1. The SMILES string of the molecule is Cn1c(=O)n(Cc2ccc(S(=O)(=O)N3CCCC3)cc2)c(=O)c2cc(C(=O)O)sc21. The summed E-state index contributed by atoms with van der Waals surface area (Å²) in [7, 11) is -2.06. The third-order valence-corrected chi connectivity index (χ3v) is 8.30. The minimum Gasteiger partial charge on any atom is -0.477 e. The molecule has 11 heteroatoms. The first-order valence-electron chi connectivity index (χ1n) is 9.26. The average Bonchev–Trinajstić information content (AvgIpc) is 3.40. The molecule has 1 aliphatic rings. The Morgan fingerprint density at radius 2 is 1.77 bits per heavy atom. The molecule has 0 radical (unpaired) electrons. The van der Waals surface area contributed by atoms with Crippen molar-refractivity contribution >= 4 is 37.5 Å². The highest BCUT2D eigenvalue weighted by Gasteiger charge is 2.27. The molecule has 0 bridgehead atoms. The number of thiophene rings is 1. The molecule has 4 rings (SSSR count). The Morgan fingerprint density at radius 3 is 2.37 bits per heavy atom. The first kappa shape index (κ1) is 20.5. The second-order valence-electron chi connectivity index (χ2n) is 7.12. The first-order valence-corrected chi connectivity index (χ1v) is 11.5. The molecule has 1 aromatic carbocycles. The first-order chi connectivity index (χ1) is 14.2. The standard InChI is InChI=1S/C19H19N3O6S2/c1-20-17-14(10-15(29-17)18(24)25)16(23)22(19(20)26)11-12-4-6-13(7-5-12)30(27,28)21-8-2-3-9-21/h4-7,10H,2-3,8-9,11H2,1H3,(H,24,25). The van der Waals surface area contributed by atoms with Gasteiger partial charge in [0.2, 0.25) is 10.0 Å². The van der Waals surface area contributed by atoms with Crippen LogP contribution in [0.3, 0.4) is 0 Å². The van der Waals surface area contributed by atoms with Gasteiger partial charge in [-0.05, 0) is 36.6 Å². The average molecular weight is 450 g/mol. The van der Waals surface area contributed by atoms with E-state index in [1.807, 2.05) is 0 Å². The Labute approximate surface area is 175 Å². The second-order valence-corrected chi connectivity index (χ2v) is 10.1. The predicted octanol–water partition coefficient (Wildman–Crippen LogP) is 1.29. The zero-order valence-corrected chi connectivity index (χ0v) is 17.7. The molecule has 3 aromatic rings. The third kappa shape index (κ3) is 3.38. The number of hydrogen-bond acceptors (Lipinski definition) is 6. The van der Waals surface area contributed by atoms with E-state index in [2.05, 4.69) is 0 Å². The molecular weight excluding hydrogens is 430 g/mol. The van der Waals surface area contributed by atoms with Gasteiger partial charge in [0.05, 0.1) is 16.8 Å². The fourth-order valence-electron chi connectivity index (χ4n) is 3.56. The monoisotopic (exact) mass is 449 g/mol. The van der Waals surface area contributed by atoms with Crippen LogP contribution in [-0.4, -0.2) is 46.0 Å². The van der Waals surface area contributed by atoms with Crippen LogP contribution < -0.4 is 11.2 Å². The van der Waals surface area contributed by atoms with Gasteiger partial charge in [0.15, 0.2) is 0 Å². The van der Waals surface area contributed by atoms with E-state index in [1.54, 1.807) is 12.1 Å². The minimum atomic E-state index is -3.54. The maximum absolute atomic E-state index is 12.8. The molecule has 0 unspecified atom stereocenters. The number of aromatic carboxylic acids is 1. The zero-order chi connectivity index (χ0) is 21.6. The van der Waals surface area contributed by atoms with Gasteiger partial charge >= 0.3 is 11.7 Å². The van der Waals surface area contributed by atoms with E-state index in [9.17, 15) is 27.9 Å². The summed E-state index contributed by atoms with van der Waals surface area (Å²) in [6.07, 6.45) is 1.69. The van der Waals surface area contributed by atoms with Crippen LogP contribution in [0.1, 0.15) is 28.1 Å². The molecule has 0 amide bonds. The highest BCUT2D eigenvalue weighted by atomic mass is 32.2. The molecular formula is C19H19N3O6S2. The van der Waals surface area contributed by atoms with Crippen molar-refractivity contribution in [1.82, 2.24) is 13.4 Å². The zero-order valence-electron chi connectivity index (χ0n) is 16.1. The summed E-state index contributed by atoms with van der Waals surface area (Å²) < 4.78 is 29.0. The molecule has 30 heavy (non-hydrogen) atoms. The van der Waals surface area contributed by atoms with Crippen LogP contribution in [-0.2, 0) is 23.6 Å². The largest absolute Gasteiger partial charge is 0.477 e. The number of aromatic nitrogens is 2. The third-order valence-electron chi connectivity index (χ3n) is 5.19. The number of aryl methyl sites for hydroxylation is 1. The van der Waals surface area contributed by atoms with Gasteiger partial charge in [0.25, 0.3) is 5.56 Å². The van der Waals surface area contributed by atoms with E-state index in [1.165, 1.54) is 34.1 Å². The van der Waals surface area contributed by atoms with Gasteiger partial charge in [0, 0.05) is 20.1 Å². The van der Waals surface area contributed by atoms with Crippen molar-refractivity contribution in [3.05, 3.63) is 61.6 Å². The van der Waals surface area contributed by atoms with Gasteiger partial charge in [-0.2, -0.15) is 4.31 Å². The molecule has 1 N–H and O–H groups in total. The van der Waals surface area contributed by atoms with E-state index < -0.39 is 27.2 Å². The van der Waals surface area contributed by atoms with Gasteiger partial charge in [-0.25, -0.2) is 18.0 Å². The number of benzene rings is 1. The van der Waals surface area contributed by atoms with Crippen molar-refractivity contribution in [2.75, 3.05) is 13.1 Å². The number of rotatable bonds is 5. The van der Waals surface area contributed by atoms with Crippen molar-refractivity contribution in [3.8, 4) is 0 Å². The Balaban J connectivity index is 1.70. The van der Waals surface area contributed by atoms with Gasteiger partial charge < -0.3 is 5.11 Å². The van der Waals surface area contributed by atoms with E-state index in [0.717, 1.165) is 28.7 Å². The normalized spacial score (nSPS) is 15.1. The lowest BCUT2D eigenvalue weighted by molar-refractivity contribution is 0.0702. The van der Waals surface area contributed by atoms with Crippen LogP contribution in [0.5, 0.6) is 0 Å². The summed E-state index contributed by atoms with van der Waals surface area (Å²) in [6.45, 7) is 0.965. The van der Waals surface area contributed by atoms with E-state index >= 15 is 0 Å². The summed E-state index contributed by atoms with van der Waals surface area (Å²) in [6, 6.07) is 7.38. The molecule has 1 fully saturated rings. The van der Waals surface area contributed by atoms with Crippen LogP contribution in [0.15, 0.2) is 44.8 Å². The quantitative estimate of drug-likeness (QED) is 0.627. The minimum absolute atomic E-state index is 0.0219. The fraction of sp³-hybridized carbons (Fsp3) is 0.316. The van der Waals surface area contributed by atoms with Gasteiger partial charge in [-0.15, -0.1) is 11.3 Å². The number of carboxylic acids is 1. The van der Waals surface area contributed by atoms with Crippen molar-refractivity contribution in [2.45, 2.75) is 24.3 Å². The predicted molar refractivity (Wildman–Crippen MR) is 112 cm³/mol. The molecule has 2 aromatic heterocycles. The highest BCUT2D eigenvalue weighted by molar-refractivity contribution is 7.89. The maximum atomic E-state index is 12.8. The summed E-state index contributed by atoms with van der Waals surface area (Å²) in [5.41, 5.74) is -0.562. The molecule has 0 aliphatic carbocycles. The lowest BCUT2D eigenvalue weighted by atomic mass is 10.2. The smallest absolute Gasteiger partial charge is 0.345 e. The Kier molecular flexibility index (Phi) is 5.12. The van der Waals surface area contributed by atoms with Crippen molar-refractivity contribution in [3.63, 3.8) is 0 Å². The van der Waals surface area contributed by atoms with Gasteiger partial charge in [0.1, 0.15) is 9.71 Å². The highest BCUT2D eigenvalue weighted by Crippen LogP contribution is 2.23. The van der Waals surface area contributed by atoms with Crippen molar-refractivity contribution in [1.29, 1.82) is 0 Å². The molecule has 0 spiro atoms. The lowest BCUT2D eigenvalue weighted by Crippen LogP contribution is -2.38. The van der Waals surface area contributed by atoms with Crippen LogP contribution in [0.25, 0.3) is 10.2 Å². The number of fused-ring (bicyclic) bond motifs is 1. The summed E-state index contributed by atoms with van der Waals surface area (Å²) in [4.78, 5) is 37.1. The van der Waals surface area contributed by atoms with E-state index in [-0.39, 0.29) is 21.7 Å². The molecule has 1 aliphatic heterocycles. The van der Waals surface area contributed by atoms with Crippen LogP contribution in [0.2, 0.25) is 0 Å². The van der Waals surface area contributed by atoms with E-state index in [4.69, 9.17) is 0 Å². The van der Waals surface area contributed by atoms with Gasteiger partial charge in [-0.1, -0.05) is 12.1 Å². The molecule has 0 atom stereocenters. The van der Waals surface area contributed by atoms with Crippen LogP contribution >= 0.6 is 11.3 Å². The van der Waals surface area contributed by atoms with Crippen molar-refractivity contribution < 1.29 is 18.3 Å². The Hall–Kier alpha value is -2.76. The molecule has 0 saturated carbocycles. The van der Waals surface area contributed by atoms with Crippen LogP contribution in [0, 0.1) is 0 Å². The Bertz CT molecular complexity index is 1360. The summed E-state index contributed by atoms with van der Waals surface area (Å²) in [5.74, 6) is -1.16. The number of carboxylic acid groups (broad SMARTS) is 1. The molecule has 9 nitrogen and oxygen atoms in total. The number of hydrogen-bond donors (Lipinski definition) is 1. The van der Waals surface area contributed by atoms with Gasteiger partial charge in [-0.3, -0.25) is 13.9 Å². The molecule has 3 heterocycles. The van der Waals surface area contributed by atoms with Crippen molar-refractivity contribution in [2.24, 2.45) is 7.05 Å². The molecule has 1 saturated heterocycles. The summed E-state index contributed by atoms with van der Waals surface area (Å²) in [5, 5.41) is 9.33. The maximum Gasteiger partial charge on any atom is 0.345 e. The number of nitrogens with zero attached hydrogens (tertiary/aromatic N) is 3.